The molecular formula is C14H19N3O. The highest BCUT2D eigenvalue weighted by atomic mass is 16.5. The molecule has 0 spiro atoms. The van der Waals surface area contributed by atoms with Crippen molar-refractivity contribution in [2.45, 2.75) is 13.0 Å². The van der Waals surface area contributed by atoms with Crippen molar-refractivity contribution in [2.24, 2.45) is 7.05 Å². The molecule has 2 aromatic rings. The van der Waals surface area contributed by atoms with E-state index in [9.17, 15) is 0 Å². The van der Waals surface area contributed by atoms with Gasteiger partial charge in [-0.2, -0.15) is 0 Å². The summed E-state index contributed by atoms with van der Waals surface area (Å²) >= 11 is 0. The van der Waals surface area contributed by atoms with E-state index in [4.69, 9.17) is 4.74 Å². The standard InChI is InChI=1S/C14H19N3O/c1-4-16-14(13-9-15-10-17(13)2)11-5-7-12(18-3)8-6-11/h5-10,14,16H,4H2,1-3H3. The smallest absolute Gasteiger partial charge is 0.118 e. The van der Waals surface area contributed by atoms with Crippen LogP contribution >= 0.6 is 0 Å². The Morgan fingerprint density at radius 2 is 2.06 bits per heavy atom. The maximum absolute atomic E-state index is 5.19. The van der Waals surface area contributed by atoms with E-state index < -0.39 is 0 Å². The van der Waals surface area contributed by atoms with Crippen molar-refractivity contribution >= 4 is 0 Å². The number of nitrogens with one attached hydrogen (secondary N) is 1. The minimum absolute atomic E-state index is 0.161. The number of ether oxygens (including phenoxy) is 1. The van der Waals surface area contributed by atoms with E-state index in [0.29, 0.717) is 0 Å². The molecule has 0 amide bonds. The number of nitrogens with zero attached hydrogens (tertiary/aromatic N) is 2. The first-order chi connectivity index (χ1) is 8.76. The maximum Gasteiger partial charge on any atom is 0.118 e. The minimum atomic E-state index is 0.161. The van der Waals surface area contributed by atoms with Crippen molar-refractivity contribution in [1.82, 2.24) is 14.9 Å². The summed E-state index contributed by atoms with van der Waals surface area (Å²) in [6.45, 7) is 3.01. The molecule has 1 aromatic carbocycles. The number of imidazole rings is 1. The molecule has 0 saturated heterocycles. The summed E-state index contributed by atoms with van der Waals surface area (Å²) < 4.78 is 7.22. The fourth-order valence-electron chi connectivity index (χ4n) is 2.04. The molecule has 96 valence electrons. The van der Waals surface area contributed by atoms with E-state index in [2.05, 4.69) is 29.4 Å². The van der Waals surface area contributed by atoms with Gasteiger partial charge in [0, 0.05) is 7.05 Å². The van der Waals surface area contributed by atoms with E-state index in [1.54, 1.807) is 7.11 Å². The summed E-state index contributed by atoms with van der Waals surface area (Å²) in [4.78, 5) is 4.18. The summed E-state index contributed by atoms with van der Waals surface area (Å²) in [6, 6.07) is 8.29. The van der Waals surface area contributed by atoms with Gasteiger partial charge in [-0.15, -0.1) is 0 Å². The first kappa shape index (κ1) is 12.6. The fourth-order valence-corrected chi connectivity index (χ4v) is 2.04. The van der Waals surface area contributed by atoms with Gasteiger partial charge in [0.1, 0.15) is 5.75 Å². The first-order valence-electron chi connectivity index (χ1n) is 6.09. The summed E-state index contributed by atoms with van der Waals surface area (Å²) in [7, 11) is 3.69. The highest BCUT2D eigenvalue weighted by Gasteiger charge is 2.15. The van der Waals surface area contributed by atoms with Crippen molar-refractivity contribution in [3.8, 4) is 5.75 Å². The largest absolute Gasteiger partial charge is 0.497 e. The lowest BCUT2D eigenvalue weighted by molar-refractivity contribution is 0.414. The second-order valence-corrected chi connectivity index (χ2v) is 4.19. The minimum Gasteiger partial charge on any atom is -0.497 e. The molecule has 1 atom stereocenters. The van der Waals surface area contributed by atoms with Crippen LogP contribution in [0.25, 0.3) is 0 Å². The highest BCUT2D eigenvalue weighted by molar-refractivity contribution is 5.33. The Kier molecular flexibility index (Phi) is 3.99. The Morgan fingerprint density at radius 1 is 1.33 bits per heavy atom. The molecule has 1 N–H and O–H groups in total. The Labute approximate surface area is 108 Å². The number of benzene rings is 1. The number of aromatic nitrogens is 2. The third-order valence-electron chi connectivity index (χ3n) is 3.01. The van der Waals surface area contributed by atoms with Gasteiger partial charge in [0.15, 0.2) is 0 Å². The molecule has 1 heterocycles. The second kappa shape index (κ2) is 5.69. The fraction of sp³-hybridized carbons (Fsp3) is 0.357. The molecule has 0 aliphatic heterocycles. The van der Waals surface area contributed by atoms with Crippen LogP contribution in [0.1, 0.15) is 24.2 Å². The Bertz CT molecular complexity index is 490. The Morgan fingerprint density at radius 3 is 2.56 bits per heavy atom. The topological polar surface area (TPSA) is 39.1 Å². The zero-order valence-electron chi connectivity index (χ0n) is 11.1. The quantitative estimate of drug-likeness (QED) is 0.877. The van der Waals surface area contributed by atoms with E-state index in [0.717, 1.165) is 18.0 Å². The number of methoxy groups -OCH3 is 1. The monoisotopic (exact) mass is 245 g/mol. The summed E-state index contributed by atoms with van der Waals surface area (Å²) in [5, 5.41) is 3.48. The van der Waals surface area contributed by atoms with Crippen LogP contribution in [-0.4, -0.2) is 23.2 Å². The van der Waals surface area contributed by atoms with Gasteiger partial charge >= 0.3 is 0 Å². The van der Waals surface area contributed by atoms with Gasteiger partial charge in [0.25, 0.3) is 0 Å². The second-order valence-electron chi connectivity index (χ2n) is 4.19. The summed E-state index contributed by atoms with van der Waals surface area (Å²) in [5.41, 5.74) is 2.36. The van der Waals surface area contributed by atoms with Crippen molar-refractivity contribution in [3.63, 3.8) is 0 Å². The van der Waals surface area contributed by atoms with Crippen molar-refractivity contribution in [2.75, 3.05) is 13.7 Å². The van der Waals surface area contributed by atoms with E-state index in [-0.39, 0.29) is 6.04 Å². The number of hydrogen-bond donors (Lipinski definition) is 1. The molecule has 0 aliphatic carbocycles. The van der Waals surface area contributed by atoms with Crippen LogP contribution in [0.5, 0.6) is 5.75 Å². The van der Waals surface area contributed by atoms with Crippen molar-refractivity contribution in [3.05, 3.63) is 48.0 Å². The van der Waals surface area contributed by atoms with Crippen LogP contribution in [0, 0.1) is 0 Å². The van der Waals surface area contributed by atoms with E-state index >= 15 is 0 Å². The predicted octanol–water partition coefficient (Wildman–Crippen LogP) is 2.13. The normalized spacial score (nSPS) is 12.4. The molecular weight excluding hydrogens is 226 g/mol. The lowest BCUT2D eigenvalue weighted by atomic mass is 10.0. The number of aryl methyl sites for hydroxylation is 1. The SMILES string of the molecule is CCNC(c1ccc(OC)cc1)c1cncn1C. The molecule has 1 aromatic heterocycles. The molecule has 0 aliphatic rings. The van der Waals surface area contributed by atoms with Gasteiger partial charge in [-0.1, -0.05) is 19.1 Å². The Hall–Kier alpha value is -1.81. The van der Waals surface area contributed by atoms with Gasteiger partial charge in [0.05, 0.1) is 31.4 Å². The van der Waals surface area contributed by atoms with Gasteiger partial charge in [0.2, 0.25) is 0 Å². The van der Waals surface area contributed by atoms with Crippen LogP contribution in [-0.2, 0) is 7.05 Å². The van der Waals surface area contributed by atoms with Crippen LogP contribution in [0.4, 0.5) is 0 Å². The van der Waals surface area contributed by atoms with Gasteiger partial charge in [-0.3, -0.25) is 0 Å². The molecule has 0 bridgehead atoms. The maximum atomic E-state index is 5.19. The van der Waals surface area contributed by atoms with Crippen molar-refractivity contribution in [1.29, 1.82) is 0 Å². The van der Waals surface area contributed by atoms with E-state index in [1.165, 1.54) is 5.56 Å². The lowest BCUT2D eigenvalue weighted by Gasteiger charge is -2.19. The summed E-state index contributed by atoms with van der Waals surface area (Å²) in [6.07, 6.45) is 3.72. The first-order valence-corrected chi connectivity index (χ1v) is 6.09. The molecule has 0 saturated carbocycles. The van der Waals surface area contributed by atoms with Gasteiger partial charge < -0.3 is 14.6 Å². The summed E-state index contributed by atoms with van der Waals surface area (Å²) in [5.74, 6) is 0.874. The molecule has 4 nitrogen and oxygen atoms in total. The van der Waals surface area contributed by atoms with Crippen LogP contribution in [0.2, 0.25) is 0 Å². The molecule has 2 rings (SSSR count). The average molecular weight is 245 g/mol. The van der Waals surface area contributed by atoms with E-state index in [1.807, 2.05) is 36.3 Å². The lowest BCUT2D eigenvalue weighted by Crippen LogP contribution is -2.23. The third kappa shape index (κ3) is 2.54. The van der Waals surface area contributed by atoms with Crippen LogP contribution in [0.15, 0.2) is 36.8 Å². The molecule has 0 fully saturated rings. The third-order valence-corrected chi connectivity index (χ3v) is 3.01. The average Bonchev–Trinajstić information content (AvgIpc) is 2.82. The van der Waals surface area contributed by atoms with Crippen molar-refractivity contribution < 1.29 is 4.74 Å². The predicted molar refractivity (Wildman–Crippen MR) is 71.7 cm³/mol. The number of rotatable bonds is 5. The molecule has 0 radical (unpaired) electrons. The zero-order valence-corrected chi connectivity index (χ0v) is 11.1. The van der Waals surface area contributed by atoms with Crippen LogP contribution < -0.4 is 10.1 Å². The molecule has 4 heteroatoms. The Balaban J connectivity index is 2.32. The van der Waals surface area contributed by atoms with Gasteiger partial charge in [-0.05, 0) is 24.2 Å². The molecule has 18 heavy (non-hydrogen) atoms. The van der Waals surface area contributed by atoms with Gasteiger partial charge in [-0.25, -0.2) is 4.98 Å². The number of hydrogen-bond acceptors (Lipinski definition) is 3. The zero-order chi connectivity index (χ0) is 13.0. The highest BCUT2D eigenvalue weighted by Crippen LogP contribution is 2.23. The van der Waals surface area contributed by atoms with Crippen LogP contribution in [0.3, 0.4) is 0 Å². The molecule has 1 unspecified atom stereocenters.